The van der Waals surface area contributed by atoms with Crippen molar-refractivity contribution in [2.75, 3.05) is 5.32 Å². The lowest BCUT2D eigenvalue weighted by Gasteiger charge is -2.08. The monoisotopic (exact) mass is 305 g/mol. The second kappa shape index (κ2) is 5.41. The Balaban J connectivity index is 2.35. The Morgan fingerprint density at radius 1 is 1.05 bits per heavy atom. The van der Waals surface area contributed by atoms with Crippen LogP contribution in [-0.2, 0) is 0 Å². The molecule has 104 valence electrons. The molecule has 1 aromatic heterocycles. The first-order valence-electron chi connectivity index (χ1n) is 5.02. The molecule has 1 heterocycles. The summed E-state index contributed by atoms with van der Waals surface area (Å²) in [7, 11) is 0. The fourth-order valence-electron chi connectivity index (χ4n) is 1.29. The molecule has 0 radical (unpaired) electrons. The highest BCUT2D eigenvalue weighted by molar-refractivity contribution is 6.29. The molecule has 1 amide bonds. The van der Waals surface area contributed by atoms with Gasteiger partial charge in [0.05, 0.1) is 12.4 Å². The number of carbonyl (C=O) groups excluding carboxylic acids is 1. The molecule has 2 rings (SSSR count). The number of nitrogens with one attached hydrogen (secondary N) is 1. The minimum atomic E-state index is -1.72. The normalized spacial score (nSPS) is 10.4. The fraction of sp³-hybridized carbons (Fsp3) is 0. The van der Waals surface area contributed by atoms with Crippen molar-refractivity contribution in [2.45, 2.75) is 0 Å². The van der Waals surface area contributed by atoms with Gasteiger partial charge in [-0.1, -0.05) is 11.6 Å². The van der Waals surface area contributed by atoms with Gasteiger partial charge in [0.2, 0.25) is 0 Å². The van der Waals surface area contributed by atoms with Crippen LogP contribution in [0.4, 0.5) is 23.2 Å². The van der Waals surface area contributed by atoms with Crippen molar-refractivity contribution in [1.82, 2.24) is 9.97 Å². The number of anilines is 1. The molecule has 0 aliphatic heterocycles. The number of aromatic nitrogens is 2. The number of benzene rings is 1. The fourth-order valence-corrected chi connectivity index (χ4v) is 1.39. The van der Waals surface area contributed by atoms with Crippen molar-refractivity contribution in [3.8, 4) is 0 Å². The predicted octanol–water partition coefficient (Wildman–Crippen LogP) is 2.94. The number of hydrogen-bond donors (Lipinski definition) is 1. The van der Waals surface area contributed by atoms with E-state index in [2.05, 4.69) is 9.97 Å². The van der Waals surface area contributed by atoms with E-state index < -0.39 is 34.9 Å². The lowest BCUT2D eigenvalue weighted by molar-refractivity contribution is 0.102. The molecular weight excluding hydrogens is 302 g/mol. The molecule has 0 unspecified atom stereocenters. The molecule has 0 fully saturated rings. The molecule has 4 nitrogen and oxygen atoms in total. The minimum absolute atomic E-state index is 0.00397. The van der Waals surface area contributed by atoms with Crippen LogP contribution in [0.2, 0.25) is 5.15 Å². The summed E-state index contributed by atoms with van der Waals surface area (Å²) in [4.78, 5) is 18.7. The predicted molar refractivity (Wildman–Crippen MR) is 61.3 cm³/mol. The number of amides is 1. The van der Waals surface area contributed by atoms with E-state index >= 15 is 0 Å². The topological polar surface area (TPSA) is 54.9 Å². The summed E-state index contributed by atoms with van der Waals surface area (Å²) in [5.74, 6) is -7.82. The molecule has 0 aliphatic rings. The molecular formula is C11H4ClF4N3O. The SMILES string of the molecule is O=C(Nc1c(F)c(F)cc(F)c1F)c1cnc(Cl)cn1. The average molecular weight is 306 g/mol. The summed E-state index contributed by atoms with van der Waals surface area (Å²) in [5, 5.41) is 1.68. The largest absolute Gasteiger partial charge is 0.315 e. The van der Waals surface area contributed by atoms with Gasteiger partial charge in [-0.15, -0.1) is 0 Å². The Hall–Kier alpha value is -2.22. The number of rotatable bonds is 2. The van der Waals surface area contributed by atoms with Crippen LogP contribution in [0, 0.1) is 23.3 Å². The van der Waals surface area contributed by atoms with Gasteiger partial charge in [0.25, 0.3) is 5.91 Å². The Bertz CT molecular complexity index is 652. The number of nitrogens with zero attached hydrogens (tertiary/aromatic N) is 2. The standard InChI is InChI=1S/C11H4ClF4N3O/c12-7-3-17-6(2-18-7)11(20)19-10-8(15)4(13)1-5(14)9(10)16/h1-3H,(H,19,20). The summed E-state index contributed by atoms with van der Waals surface area (Å²) in [5.41, 5.74) is -1.58. The molecule has 0 spiro atoms. The maximum atomic E-state index is 13.3. The first-order valence-corrected chi connectivity index (χ1v) is 5.40. The lowest BCUT2D eigenvalue weighted by Crippen LogP contribution is -2.17. The maximum Gasteiger partial charge on any atom is 0.276 e. The summed E-state index contributed by atoms with van der Waals surface area (Å²) in [6.45, 7) is 0. The number of halogens is 5. The first-order chi connectivity index (χ1) is 9.40. The van der Waals surface area contributed by atoms with E-state index in [1.54, 1.807) is 5.32 Å². The molecule has 0 saturated carbocycles. The summed E-state index contributed by atoms with van der Waals surface area (Å²) in [6, 6.07) is 0.0302. The van der Waals surface area contributed by atoms with Crippen molar-refractivity contribution in [2.24, 2.45) is 0 Å². The van der Waals surface area contributed by atoms with Crippen LogP contribution in [0.25, 0.3) is 0 Å². The van der Waals surface area contributed by atoms with Crippen LogP contribution in [0.1, 0.15) is 10.5 Å². The molecule has 20 heavy (non-hydrogen) atoms. The van der Waals surface area contributed by atoms with E-state index in [9.17, 15) is 22.4 Å². The third-order valence-electron chi connectivity index (χ3n) is 2.20. The van der Waals surface area contributed by atoms with E-state index in [1.165, 1.54) is 0 Å². The van der Waals surface area contributed by atoms with Gasteiger partial charge in [-0.05, 0) is 0 Å². The van der Waals surface area contributed by atoms with Gasteiger partial charge in [0.15, 0.2) is 23.3 Å². The van der Waals surface area contributed by atoms with Crippen LogP contribution in [0.3, 0.4) is 0 Å². The molecule has 0 atom stereocenters. The van der Waals surface area contributed by atoms with Gasteiger partial charge in [-0.25, -0.2) is 27.5 Å². The first kappa shape index (κ1) is 14.2. The Labute approximate surface area is 114 Å². The third-order valence-corrected chi connectivity index (χ3v) is 2.40. The molecule has 1 N–H and O–H groups in total. The smallest absolute Gasteiger partial charge is 0.276 e. The Kier molecular flexibility index (Phi) is 3.84. The third kappa shape index (κ3) is 2.69. The summed E-state index contributed by atoms with van der Waals surface area (Å²) < 4.78 is 52.6. The zero-order valence-corrected chi connectivity index (χ0v) is 10.2. The van der Waals surface area contributed by atoms with Crippen LogP contribution >= 0.6 is 11.6 Å². The second-order valence-corrected chi connectivity index (χ2v) is 3.91. The zero-order chi connectivity index (χ0) is 14.9. The van der Waals surface area contributed by atoms with Crippen molar-refractivity contribution < 1.29 is 22.4 Å². The van der Waals surface area contributed by atoms with Crippen LogP contribution < -0.4 is 5.32 Å². The van der Waals surface area contributed by atoms with Crippen LogP contribution in [0.5, 0.6) is 0 Å². The van der Waals surface area contributed by atoms with Crippen molar-refractivity contribution in [3.63, 3.8) is 0 Å². The highest BCUT2D eigenvalue weighted by Crippen LogP contribution is 2.24. The van der Waals surface area contributed by atoms with Crippen molar-refractivity contribution in [1.29, 1.82) is 0 Å². The van der Waals surface area contributed by atoms with Gasteiger partial charge in [-0.2, -0.15) is 0 Å². The lowest BCUT2D eigenvalue weighted by atomic mass is 10.2. The zero-order valence-electron chi connectivity index (χ0n) is 9.42. The number of carbonyl (C=O) groups is 1. The van der Waals surface area contributed by atoms with E-state index in [0.717, 1.165) is 12.4 Å². The van der Waals surface area contributed by atoms with Gasteiger partial charge in [-0.3, -0.25) is 4.79 Å². The van der Waals surface area contributed by atoms with Crippen molar-refractivity contribution >= 4 is 23.2 Å². The average Bonchev–Trinajstić information content (AvgIpc) is 2.42. The van der Waals surface area contributed by atoms with E-state index in [1.807, 2.05) is 0 Å². The molecule has 9 heteroatoms. The number of hydrogen-bond acceptors (Lipinski definition) is 3. The maximum absolute atomic E-state index is 13.3. The highest BCUT2D eigenvalue weighted by atomic mass is 35.5. The van der Waals surface area contributed by atoms with Gasteiger partial charge < -0.3 is 5.32 Å². The van der Waals surface area contributed by atoms with Gasteiger partial charge in [0, 0.05) is 6.07 Å². The molecule has 0 bridgehead atoms. The molecule has 0 saturated heterocycles. The Morgan fingerprint density at radius 2 is 1.65 bits per heavy atom. The van der Waals surface area contributed by atoms with E-state index in [0.29, 0.717) is 0 Å². The summed E-state index contributed by atoms with van der Waals surface area (Å²) >= 11 is 5.44. The minimum Gasteiger partial charge on any atom is -0.315 e. The van der Waals surface area contributed by atoms with Crippen molar-refractivity contribution in [3.05, 3.63) is 52.6 Å². The second-order valence-electron chi connectivity index (χ2n) is 3.52. The summed E-state index contributed by atoms with van der Waals surface area (Å²) in [6.07, 6.45) is 1.96. The van der Waals surface area contributed by atoms with Crippen LogP contribution in [-0.4, -0.2) is 15.9 Å². The van der Waals surface area contributed by atoms with Gasteiger partial charge >= 0.3 is 0 Å². The quantitative estimate of drug-likeness (QED) is 0.685. The highest BCUT2D eigenvalue weighted by Gasteiger charge is 2.21. The molecule has 1 aromatic carbocycles. The van der Waals surface area contributed by atoms with Gasteiger partial charge in [0.1, 0.15) is 16.5 Å². The Morgan fingerprint density at radius 3 is 2.15 bits per heavy atom. The molecule has 2 aromatic rings. The van der Waals surface area contributed by atoms with E-state index in [4.69, 9.17) is 11.6 Å². The van der Waals surface area contributed by atoms with E-state index in [-0.39, 0.29) is 16.9 Å². The molecule has 0 aliphatic carbocycles. The van der Waals surface area contributed by atoms with Crippen LogP contribution in [0.15, 0.2) is 18.5 Å².